The van der Waals surface area contributed by atoms with Gasteiger partial charge in [0.2, 0.25) is 5.91 Å². The molecule has 47 heavy (non-hydrogen) atoms. The number of anilines is 1. The molecule has 3 heterocycles. The second kappa shape index (κ2) is 14.5. The number of rotatable bonds is 11. The number of halogens is 2. The maximum Gasteiger partial charge on any atom is 0.306 e. The average molecular weight is 686 g/mol. The van der Waals surface area contributed by atoms with Gasteiger partial charge in [0, 0.05) is 61.5 Å². The first-order valence-corrected chi connectivity index (χ1v) is 17.2. The fraction of sp³-hybridized carbons (Fsp3) is 0.514. The van der Waals surface area contributed by atoms with Gasteiger partial charge in [0.15, 0.2) is 0 Å². The predicted molar refractivity (Wildman–Crippen MR) is 181 cm³/mol. The molecule has 0 radical (unpaired) electrons. The van der Waals surface area contributed by atoms with Gasteiger partial charge in [-0.1, -0.05) is 41.4 Å². The molecule has 0 bridgehead atoms. The molecule has 2 N–H and O–H groups in total. The highest BCUT2D eigenvalue weighted by Crippen LogP contribution is 2.34. The summed E-state index contributed by atoms with van der Waals surface area (Å²) in [4.78, 5) is 42.7. The Morgan fingerprint density at radius 2 is 1.72 bits per heavy atom. The third-order valence-electron chi connectivity index (χ3n) is 9.92. The molecular formula is C35H42Cl2N4O6. The Balaban J connectivity index is 1.12. The molecule has 2 aliphatic heterocycles. The van der Waals surface area contributed by atoms with Crippen LogP contribution in [0.2, 0.25) is 10.0 Å². The van der Waals surface area contributed by atoms with Gasteiger partial charge in [0.25, 0.3) is 5.91 Å². The highest BCUT2D eigenvalue weighted by molar-refractivity contribution is 6.36. The molecule has 1 saturated carbocycles. The number of carbonyl (C=O) groups is 3. The highest BCUT2D eigenvalue weighted by atomic mass is 35.5. The molecule has 1 aromatic heterocycles. The van der Waals surface area contributed by atoms with E-state index in [9.17, 15) is 19.5 Å². The maximum absolute atomic E-state index is 13.9. The number of benzene rings is 2. The number of aliphatic carboxylic acids is 1. The van der Waals surface area contributed by atoms with Crippen molar-refractivity contribution in [2.24, 2.45) is 13.0 Å². The number of likely N-dealkylation sites (tertiary alicyclic amines) is 2. The zero-order chi connectivity index (χ0) is 33.2. The molecule has 2 atom stereocenters. The summed E-state index contributed by atoms with van der Waals surface area (Å²) in [6, 6.07) is 11.0. The van der Waals surface area contributed by atoms with E-state index in [1.807, 2.05) is 47.7 Å². The molecule has 2 amide bonds. The molecule has 3 aromatic rings. The molecule has 1 aliphatic carbocycles. The Bertz CT molecular complexity index is 1630. The van der Waals surface area contributed by atoms with Crippen LogP contribution in [-0.4, -0.2) is 94.4 Å². The SMILES string of the molecule is CCOC1CN([C@H]2C[C@@H](CO[C@H]3CC[C@H](C(=O)O)CC3)N(C(=O)Cc3cc(Cl)c(NC(=O)c4cn(C)c5ccccc45)cc3Cl)C2)C1. The first kappa shape index (κ1) is 33.7. The number of fused-ring (bicyclic) bond motifs is 1. The number of para-hydroxylation sites is 1. The van der Waals surface area contributed by atoms with Crippen LogP contribution < -0.4 is 5.32 Å². The van der Waals surface area contributed by atoms with Crippen LogP contribution in [0.3, 0.4) is 0 Å². The van der Waals surface area contributed by atoms with Gasteiger partial charge in [-0.25, -0.2) is 0 Å². The zero-order valence-corrected chi connectivity index (χ0v) is 28.3. The lowest BCUT2D eigenvalue weighted by molar-refractivity contribution is -0.144. The van der Waals surface area contributed by atoms with E-state index in [0.717, 1.165) is 30.4 Å². The fourth-order valence-corrected chi connectivity index (χ4v) is 7.71. The number of nitrogens with one attached hydrogen (secondary N) is 1. The second-order valence-electron chi connectivity index (χ2n) is 13.0. The van der Waals surface area contributed by atoms with Crippen molar-refractivity contribution in [2.75, 3.05) is 38.2 Å². The van der Waals surface area contributed by atoms with Crippen molar-refractivity contribution >= 4 is 57.6 Å². The molecular weight excluding hydrogens is 643 g/mol. The van der Waals surface area contributed by atoms with E-state index in [2.05, 4.69) is 10.2 Å². The summed E-state index contributed by atoms with van der Waals surface area (Å²) in [6.07, 6.45) is 5.50. The molecule has 3 aliphatic rings. The first-order chi connectivity index (χ1) is 22.6. The van der Waals surface area contributed by atoms with Crippen molar-refractivity contribution in [2.45, 2.75) is 69.7 Å². The van der Waals surface area contributed by atoms with Crippen LogP contribution in [0.5, 0.6) is 0 Å². The van der Waals surface area contributed by atoms with Crippen LogP contribution in [0.1, 0.15) is 54.9 Å². The van der Waals surface area contributed by atoms with Crippen molar-refractivity contribution in [3.63, 3.8) is 0 Å². The van der Waals surface area contributed by atoms with Crippen LogP contribution in [0.4, 0.5) is 5.69 Å². The Kier molecular flexibility index (Phi) is 10.4. The van der Waals surface area contributed by atoms with Crippen molar-refractivity contribution < 1.29 is 29.0 Å². The Labute approximate surface area is 284 Å². The number of aryl methyl sites for hydroxylation is 1. The monoisotopic (exact) mass is 684 g/mol. The lowest BCUT2D eigenvalue weighted by Gasteiger charge is -2.42. The van der Waals surface area contributed by atoms with Gasteiger partial charge in [-0.3, -0.25) is 19.3 Å². The van der Waals surface area contributed by atoms with Crippen LogP contribution in [0.15, 0.2) is 42.6 Å². The highest BCUT2D eigenvalue weighted by Gasteiger charge is 2.42. The summed E-state index contributed by atoms with van der Waals surface area (Å²) in [5, 5.41) is 13.7. The predicted octanol–water partition coefficient (Wildman–Crippen LogP) is 5.63. The fourth-order valence-electron chi connectivity index (χ4n) is 7.25. The number of hydrogen-bond acceptors (Lipinski definition) is 6. The van der Waals surface area contributed by atoms with Gasteiger partial charge < -0.3 is 29.4 Å². The van der Waals surface area contributed by atoms with Crippen LogP contribution in [-0.2, 0) is 32.5 Å². The van der Waals surface area contributed by atoms with Crippen LogP contribution >= 0.6 is 23.2 Å². The summed E-state index contributed by atoms with van der Waals surface area (Å²) in [6.45, 7) is 5.37. The number of amides is 2. The molecule has 0 unspecified atom stereocenters. The lowest BCUT2D eigenvalue weighted by atomic mass is 9.87. The van der Waals surface area contributed by atoms with Crippen LogP contribution in [0.25, 0.3) is 10.9 Å². The topological polar surface area (TPSA) is 113 Å². The number of nitrogens with zero attached hydrogens (tertiary/aromatic N) is 3. The summed E-state index contributed by atoms with van der Waals surface area (Å²) >= 11 is 13.3. The molecule has 6 rings (SSSR count). The van der Waals surface area contributed by atoms with Gasteiger partial charge >= 0.3 is 5.97 Å². The minimum Gasteiger partial charge on any atom is -0.481 e. The largest absolute Gasteiger partial charge is 0.481 e. The quantitative estimate of drug-likeness (QED) is 0.269. The van der Waals surface area contributed by atoms with Crippen molar-refractivity contribution in [3.8, 4) is 0 Å². The Morgan fingerprint density at radius 1 is 0.979 bits per heavy atom. The maximum atomic E-state index is 13.9. The van der Waals surface area contributed by atoms with E-state index < -0.39 is 5.97 Å². The molecule has 0 spiro atoms. The van der Waals surface area contributed by atoms with Gasteiger partial charge in [0.1, 0.15) is 0 Å². The van der Waals surface area contributed by atoms with Crippen LogP contribution in [0, 0.1) is 5.92 Å². The molecule has 2 saturated heterocycles. The average Bonchev–Trinajstić information content (AvgIpc) is 3.61. The van der Waals surface area contributed by atoms with Crippen molar-refractivity contribution in [1.29, 1.82) is 0 Å². The normalized spacial score (nSPS) is 23.6. The minimum absolute atomic E-state index is 0.00201. The summed E-state index contributed by atoms with van der Waals surface area (Å²) in [7, 11) is 1.89. The number of carboxylic acids is 1. The number of ether oxygens (including phenoxy) is 2. The van der Waals surface area contributed by atoms with E-state index in [1.54, 1.807) is 18.3 Å². The van der Waals surface area contributed by atoms with E-state index in [4.69, 9.17) is 32.7 Å². The zero-order valence-electron chi connectivity index (χ0n) is 26.8. The lowest BCUT2D eigenvalue weighted by Crippen LogP contribution is -2.57. The van der Waals surface area contributed by atoms with E-state index in [-0.39, 0.29) is 48.4 Å². The molecule has 12 heteroatoms. The van der Waals surface area contributed by atoms with Gasteiger partial charge in [0.05, 0.1) is 53.5 Å². The Hall–Kier alpha value is -3.15. The minimum atomic E-state index is -0.738. The van der Waals surface area contributed by atoms with Gasteiger partial charge in [-0.05, 0) is 62.8 Å². The smallest absolute Gasteiger partial charge is 0.306 e. The number of hydrogen-bond donors (Lipinski definition) is 2. The Morgan fingerprint density at radius 3 is 2.45 bits per heavy atom. The summed E-state index contributed by atoms with van der Waals surface area (Å²) < 4.78 is 14.0. The number of carbonyl (C=O) groups excluding carboxylic acids is 2. The van der Waals surface area contributed by atoms with Crippen molar-refractivity contribution in [1.82, 2.24) is 14.4 Å². The summed E-state index contributed by atoms with van der Waals surface area (Å²) in [5.74, 6) is -1.41. The number of aromatic nitrogens is 1. The standard InChI is InChI=1S/C35H42Cl2N4O6/c1-3-46-26-17-40(18-26)23-14-24(20-47-25-10-8-21(9-11-25)35(44)45)41(16-23)33(42)13-22-12-30(37)31(15-29(22)36)38-34(43)28-19-39(2)32-7-5-4-6-27(28)32/h4-7,12,15,19,21,23-26H,3,8-11,13-14,16-18,20H2,1-2H3,(H,38,43)(H,44,45)/t21-,23-,24-,25-/m0/s1. The molecule has 252 valence electrons. The number of carboxylic acid groups (broad SMARTS) is 1. The van der Waals surface area contributed by atoms with Gasteiger partial charge in [-0.15, -0.1) is 0 Å². The summed E-state index contributed by atoms with van der Waals surface area (Å²) in [5.41, 5.74) is 2.42. The third-order valence-corrected chi connectivity index (χ3v) is 10.6. The van der Waals surface area contributed by atoms with E-state index in [0.29, 0.717) is 72.3 Å². The van der Waals surface area contributed by atoms with Crippen molar-refractivity contribution in [3.05, 3.63) is 63.8 Å². The second-order valence-corrected chi connectivity index (χ2v) is 13.8. The molecule has 10 nitrogen and oxygen atoms in total. The molecule has 3 fully saturated rings. The first-order valence-electron chi connectivity index (χ1n) is 16.4. The van der Waals surface area contributed by atoms with E-state index >= 15 is 0 Å². The van der Waals surface area contributed by atoms with E-state index in [1.165, 1.54) is 0 Å². The molecule has 2 aromatic carbocycles. The third kappa shape index (κ3) is 7.47. The van der Waals surface area contributed by atoms with Gasteiger partial charge in [-0.2, -0.15) is 0 Å².